The van der Waals surface area contributed by atoms with Crippen molar-refractivity contribution in [1.82, 2.24) is 20.5 Å². The van der Waals surface area contributed by atoms with Crippen LogP contribution in [0.3, 0.4) is 0 Å². The number of aliphatic hydroxyl groups is 2. The fourth-order valence-corrected chi connectivity index (χ4v) is 3.10. The first-order valence-corrected chi connectivity index (χ1v) is 9.31. The van der Waals surface area contributed by atoms with Crippen molar-refractivity contribution in [3.63, 3.8) is 0 Å². The molecule has 29 heavy (non-hydrogen) atoms. The molecule has 5 N–H and O–H groups in total. The highest BCUT2D eigenvalue weighted by atomic mass is 16.5. The monoisotopic (exact) mass is 399 g/mol. The molecule has 0 saturated carbocycles. The van der Waals surface area contributed by atoms with Crippen molar-refractivity contribution in [3.8, 4) is 5.88 Å². The zero-order valence-electron chi connectivity index (χ0n) is 16.3. The first kappa shape index (κ1) is 20.6. The van der Waals surface area contributed by atoms with Crippen molar-refractivity contribution in [2.75, 3.05) is 19.0 Å². The summed E-state index contributed by atoms with van der Waals surface area (Å²) in [5.74, 6) is 0.547. The average molecular weight is 399 g/mol. The number of pyridine rings is 1. The molecule has 0 aliphatic heterocycles. The Morgan fingerprint density at radius 3 is 2.76 bits per heavy atom. The lowest BCUT2D eigenvalue weighted by Gasteiger charge is -2.19. The number of nitrogens with zero attached hydrogens (tertiary/aromatic N) is 2. The van der Waals surface area contributed by atoms with Crippen LogP contribution < -0.4 is 15.4 Å². The summed E-state index contributed by atoms with van der Waals surface area (Å²) < 4.78 is 5.14. The summed E-state index contributed by atoms with van der Waals surface area (Å²) in [6.07, 6.45) is 0.0201. The Morgan fingerprint density at radius 1 is 1.31 bits per heavy atom. The van der Waals surface area contributed by atoms with Gasteiger partial charge in [0, 0.05) is 12.6 Å². The molecule has 154 valence electrons. The SMILES string of the molecule is COc1n[nH]c2cc(NC(=O)NC[C@@H](O)C(C)Cc3ccccc3)nc(CO)c12. The highest BCUT2D eigenvalue weighted by Gasteiger charge is 2.17. The lowest BCUT2D eigenvalue weighted by atomic mass is 9.96. The summed E-state index contributed by atoms with van der Waals surface area (Å²) in [5, 5.41) is 32.5. The van der Waals surface area contributed by atoms with E-state index in [-0.39, 0.29) is 24.9 Å². The van der Waals surface area contributed by atoms with E-state index in [1.165, 1.54) is 7.11 Å². The van der Waals surface area contributed by atoms with E-state index in [1.807, 2.05) is 37.3 Å². The number of aromatic amines is 1. The van der Waals surface area contributed by atoms with Crippen LogP contribution in [0.15, 0.2) is 36.4 Å². The first-order valence-electron chi connectivity index (χ1n) is 9.31. The Labute approximate surface area is 168 Å². The zero-order valence-corrected chi connectivity index (χ0v) is 16.3. The minimum atomic E-state index is -0.693. The summed E-state index contributed by atoms with van der Waals surface area (Å²) in [5.41, 5.74) is 2.04. The van der Waals surface area contributed by atoms with Crippen LogP contribution in [-0.4, -0.2) is 51.2 Å². The van der Waals surface area contributed by atoms with Gasteiger partial charge in [-0.25, -0.2) is 9.78 Å². The minimum Gasteiger partial charge on any atom is -0.479 e. The molecule has 1 unspecified atom stereocenters. The van der Waals surface area contributed by atoms with Crippen LogP contribution in [-0.2, 0) is 13.0 Å². The molecule has 9 heteroatoms. The Morgan fingerprint density at radius 2 is 2.07 bits per heavy atom. The van der Waals surface area contributed by atoms with Gasteiger partial charge in [0.05, 0.1) is 36.4 Å². The third-order valence-corrected chi connectivity index (χ3v) is 4.70. The number of fused-ring (bicyclic) bond motifs is 1. The number of hydrogen-bond acceptors (Lipinski definition) is 6. The molecule has 2 aromatic heterocycles. The molecule has 9 nitrogen and oxygen atoms in total. The summed E-state index contributed by atoms with van der Waals surface area (Å²) >= 11 is 0. The van der Waals surface area contributed by atoms with E-state index in [9.17, 15) is 15.0 Å². The molecule has 0 aliphatic carbocycles. The van der Waals surface area contributed by atoms with E-state index in [4.69, 9.17) is 4.74 Å². The van der Waals surface area contributed by atoms with Crippen molar-refractivity contribution in [2.45, 2.75) is 26.1 Å². The van der Waals surface area contributed by atoms with Crippen molar-refractivity contribution < 1.29 is 19.7 Å². The van der Waals surface area contributed by atoms with Gasteiger partial charge in [0.1, 0.15) is 5.82 Å². The van der Waals surface area contributed by atoms with Gasteiger partial charge >= 0.3 is 6.03 Å². The molecular weight excluding hydrogens is 374 g/mol. The number of H-pyrrole nitrogens is 1. The lowest BCUT2D eigenvalue weighted by Crippen LogP contribution is -2.38. The fourth-order valence-electron chi connectivity index (χ4n) is 3.10. The molecule has 3 rings (SSSR count). The molecule has 0 aliphatic rings. The quantitative estimate of drug-likeness (QED) is 0.392. The molecule has 3 aromatic rings. The van der Waals surface area contributed by atoms with Crippen molar-refractivity contribution in [2.24, 2.45) is 5.92 Å². The molecule has 0 spiro atoms. The number of benzene rings is 1. The summed E-state index contributed by atoms with van der Waals surface area (Å²) in [7, 11) is 1.47. The molecule has 2 atom stereocenters. The summed E-state index contributed by atoms with van der Waals surface area (Å²) in [6.45, 7) is 1.71. The largest absolute Gasteiger partial charge is 0.479 e. The number of rotatable bonds is 8. The number of ether oxygens (including phenoxy) is 1. The van der Waals surface area contributed by atoms with E-state index in [0.717, 1.165) is 5.56 Å². The zero-order chi connectivity index (χ0) is 20.8. The van der Waals surface area contributed by atoms with E-state index in [2.05, 4.69) is 25.8 Å². The maximum Gasteiger partial charge on any atom is 0.320 e. The topological polar surface area (TPSA) is 132 Å². The predicted octanol–water partition coefficient (Wildman–Crippen LogP) is 1.82. The van der Waals surface area contributed by atoms with E-state index in [0.29, 0.717) is 28.9 Å². The van der Waals surface area contributed by atoms with E-state index < -0.39 is 12.1 Å². The molecular formula is C20H25N5O4. The standard InChI is InChI=1S/C20H25N5O4/c1-12(8-13-6-4-3-5-7-13)16(27)10-21-20(28)23-17-9-14-18(15(11-26)22-17)19(29-2)25-24-14/h3-7,9,12,16,26-27H,8,10-11H2,1-2H3,(H,24,25)(H2,21,22,23,28)/t12?,16-/m1/s1. The smallest absolute Gasteiger partial charge is 0.320 e. The molecule has 2 heterocycles. The second kappa shape index (κ2) is 9.35. The highest BCUT2D eigenvalue weighted by Crippen LogP contribution is 2.27. The van der Waals surface area contributed by atoms with Crippen molar-refractivity contribution in [1.29, 1.82) is 0 Å². The number of amides is 2. The molecule has 0 saturated heterocycles. The average Bonchev–Trinajstić information content (AvgIpc) is 3.15. The number of urea groups is 1. The normalized spacial score (nSPS) is 13.1. The van der Waals surface area contributed by atoms with Crippen LogP contribution in [0, 0.1) is 5.92 Å². The van der Waals surface area contributed by atoms with Crippen LogP contribution in [0.2, 0.25) is 0 Å². The number of nitrogens with one attached hydrogen (secondary N) is 3. The number of carbonyl (C=O) groups excluding carboxylic acids is 1. The number of aromatic nitrogens is 3. The van der Waals surface area contributed by atoms with Crippen molar-refractivity contribution in [3.05, 3.63) is 47.7 Å². The van der Waals surface area contributed by atoms with E-state index >= 15 is 0 Å². The molecule has 0 bridgehead atoms. The van der Waals surface area contributed by atoms with Gasteiger partial charge in [0.15, 0.2) is 0 Å². The number of aliphatic hydroxyl groups excluding tert-OH is 2. The molecule has 1 aromatic carbocycles. The summed E-state index contributed by atoms with van der Waals surface area (Å²) in [4.78, 5) is 16.4. The van der Waals surface area contributed by atoms with Gasteiger partial charge in [-0.1, -0.05) is 37.3 Å². The highest BCUT2D eigenvalue weighted by molar-refractivity contribution is 5.93. The first-order chi connectivity index (χ1) is 14.0. The second-order valence-electron chi connectivity index (χ2n) is 6.84. The molecule has 0 fully saturated rings. The van der Waals surface area contributed by atoms with Gasteiger partial charge < -0.3 is 20.3 Å². The fraction of sp³-hybridized carbons (Fsp3) is 0.350. The Hall–Kier alpha value is -3.17. The number of hydrogen-bond donors (Lipinski definition) is 5. The van der Waals surface area contributed by atoms with Gasteiger partial charge in [0.25, 0.3) is 0 Å². The Kier molecular flexibility index (Phi) is 6.63. The van der Waals surface area contributed by atoms with Crippen LogP contribution in [0.5, 0.6) is 5.88 Å². The van der Waals surface area contributed by atoms with Crippen LogP contribution in [0.4, 0.5) is 10.6 Å². The summed E-state index contributed by atoms with van der Waals surface area (Å²) in [6, 6.07) is 11.0. The second-order valence-corrected chi connectivity index (χ2v) is 6.84. The van der Waals surface area contributed by atoms with Crippen molar-refractivity contribution >= 4 is 22.8 Å². The van der Waals surface area contributed by atoms with Crippen LogP contribution >= 0.6 is 0 Å². The number of methoxy groups -OCH3 is 1. The van der Waals surface area contributed by atoms with Gasteiger partial charge in [0.2, 0.25) is 5.88 Å². The number of anilines is 1. The van der Waals surface area contributed by atoms with E-state index in [1.54, 1.807) is 6.07 Å². The maximum absolute atomic E-state index is 12.2. The lowest BCUT2D eigenvalue weighted by molar-refractivity contribution is 0.117. The van der Waals surface area contributed by atoms with Crippen LogP contribution in [0.25, 0.3) is 10.9 Å². The van der Waals surface area contributed by atoms with Crippen LogP contribution in [0.1, 0.15) is 18.2 Å². The third kappa shape index (κ3) is 5.01. The maximum atomic E-state index is 12.2. The predicted molar refractivity (Wildman–Crippen MR) is 109 cm³/mol. The Bertz CT molecular complexity index is 960. The number of carbonyl (C=O) groups is 1. The van der Waals surface area contributed by atoms with Gasteiger partial charge in [-0.3, -0.25) is 10.4 Å². The molecule has 2 amide bonds. The Balaban J connectivity index is 1.57. The van der Waals surface area contributed by atoms with Gasteiger partial charge in [-0.2, -0.15) is 0 Å². The van der Waals surface area contributed by atoms with Gasteiger partial charge in [-0.15, -0.1) is 5.10 Å². The third-order valence-electron chi connectivity index (χ3n) is 4.70. The van der Waals surface area contributed by atoms with Gasteiger partial charge in [-0.05, 0) is 17.9 Å². The minimum absolute atomic E-state index is 0.0226. The molecule has 0 radical (unpaired) electrons.